The van der Waals surface area contributed by atoms with Gasteiger partial charge in [0.05, 0.1) is 0 Å². The van der Waals surface area contributed by atoms with Crippen molar-refractivity contribution < 1.29 is 4.42 Å². The van der Waals surface area contributed by atoms with Crippen molar-refractivity contribution >= 4 is 16.5 Å². The lowest BCUT2D eigenvalue weighted by Crippen LogP contribution is -2.21. The Hall–Kier alpha value is -3.14. The van der Waals surface area contributed by atoms with Gasteiger partial charge in [0.15, 0.2) is 0 Å². The van der Waals surface area contributed by atoms with E-state index in [-0.39, 0.29) is 6.04 Å². The van der Waals surface area contributed by atoms with Gasteiger partial charge in [0.2, 0.25) is 11.8 Å². The lowest BCUT2D eigenvalue weighted by Gasteiger charge is -2.24. The van der Waals surface area contributed by atoms with Gasteiger partial charge in [-0.25, -0.2) is 0 Å². The molecule has 0 unspecified atom stereocenters. The maximum atomic E-state index is 5.95. The highest BCUT2D eigenvalue weighted by Gasteiger charge is 2.19. The molecule has 0 amide bonds. The average molecular weight is 343 g/mol. The van der Waals surface area contributed by atoms with Crippen LogP contribution >= 0.6 is 0 Å². The van der Waals surface area contributed by atoms with Gasteiger partial charge in [0, 0.05) is 18.3 Å². The lowest BCUT2D eigenvalue weighted by molar-refractivity contribution is 0.464. The molecule has 0 saturated heterocycles. The predicted molar refractivity (Wildman–Crippen MR) is 105 cm³/mol. The Kier molecular flexibility index (Phi) is 4.17. The van der Waals surface area contributed by atoms with Gasteiger partial charge in [-0.1, -0.05) is 48.0 Å². The first-order valence-corrected chi connectivity index (χ1v) is 8.74. The molecule has 0 aliphatic heterocycles. The molecule has 4 aromatic rings. The Morgan fingerprint density at radius 3 is 2.50 bits per heavy atom. The second kappa shape index (κ2) is 6.64. The molecule has 4 nitrogen and oxygen atoms in total. The minimum absolute atomic E-state index is 0.0257. The van der Waals surface area contributed by atoms with Crippen LogP contribution in [0.3, 0.4) is 0 Å². The van der Waals surface area contributed by atoms with Gasteiger partial charge in [0.25, 0.3) is 0 Å². The van der Waals surface area contributed by atoms with Crippen molar-refractivity contribution in [1.82, 2.24) is 10.2 Å². The van der Waals surface area contributed by atoms with E-state index < -0.39 is 0 Å². The zero-order valence-electron chi connectivity index (χ0n) is 15.2. The number of hydrogen-bond acceptors (Lipinski definition) is 4. The fraction of sp³-hybridized carbons (Fsp3) is 0.182. The van der Waals surface area contributed by atoms with Gasteiger partial charge in [-0.2, -0.15) is 0 Å². The minimum Gasteiger partial charge on any atom is -0.418 e. The average Bonchev–Trinajstić information content (AvgIpc) is 3.16. The number of hydrogen-bond donors (Lipinski definition) is 0. The SMILES string of the molecule is Cc1cccc(-c2nnc([C@H](C)N(C)c3ccc4ccccc4c3)o2)c1. The summed E-state index contributed by atoms with van der Waals surface area (Å²) >= 11 is 0. The Morgan fingerprint density at radius 2 is 1.69 bits per heavy atom. The minimum atomic E-state index is -0.0257. The monoisotopic (exact) mass is 343 g/mol. The van der Waals surface area contributed by atoms with Crippen LogP contribution in [0.2, 0.25) is 0 Å². The molecule has 0 spiro atoms. The van der Waals surface area contributed by atoms with Crippen LogP contribution in [0, 0.1) is 6.92 Å². The van der Waals surface area contributed by atoms with Gasteiger partial charge in [-0.3, -0.25) is 0 Å². The topological polar surface area (TPSA) is 42.2 Å². The Morgan fingerprint density at radius 1 is 0.885 bits per heavy atom. The number of anilines is 1. The molecule has 4 rings (SSSR count). The molecule has 1 atom stereocenters. The van der Waals surface area contributed by atoms with Crippen LogP contribution in [0.5, 0.6) is 0 Å². The molecule has 0 aliphatic rings. The normalized spacial score (nSPS) is 12.3. The first-order valence-electron chi connectivity index (χ1n) is 8.74. The molecule has 0 fully saturated rings. The van der Waals surface area contributed by atoms with E-state index in [4.69, 9.17) is 4.42 Å². The summed E-state index contributed by atoms with van der Waals surface area (Å²) in [5.41, 5.74) is 3.24. The predicted octanol–water partition coefficient (Wildman–Crippen LogP) is 5.40. The van der Waals surface area contributed by atoms with Crippen LogP contribution < -0.4 is 4.90 Å². The smallest absolute Gasteiger partial charge is 0.247 e. The van der Waals surface area contributed by atoms with E-state index in [2.05, 4.69) is 83.5 Å². The lowest BCUT2D eigenvalue weighted by atomic mass is 10.1. The third-order valence-electron chi connectivity index (χ3n) is 4.78. The number of aryl methyl sites for hydroxylation is 1. The second-order valence-electron chi connectivity index (χ2n) is 6.63. The van der Waals surface area contributed by atoms with E-state index in [9.17, 15) is 0 Å². The largest absolute Gasteiger partial charge is 0.418 e. The van der Waals surface area contributed by atoms with Crippen LogP contribution in [-0.4, -0.2) is 17.2 Å². The molecule has 1 aromatic heterocycles. The molecule has 0 N–H and O–H groups in total. The molecular formula is C22H21N3O. The highest BCUT2D eigenvalue weighted by molar-refractivity contribution is 5.85. The van der Waals surface area contributed by atoms with Crippen molar-refractivity contribution in [2.45, 2.75) is 19.9 Å². The van der Waals surface area contributed by atoms with Crippen LogP contribution in [0.25, 0.3) is 22.2 Å². The van der Waals surface area contributed by atoms with Gasteiger partial charge in [-0.15, -0.1) is 10.2 Å². The standard InChI is InChI=1S/C22H21N3O/c1-15-7-6-10-19(13-15)22-24-23-21(26-22)16(2)25(3)20-12-11-17-8-4-5-9-18(17)14-20/h4-14,16H,1-3H3/t16-/m0/s1. The fourth-order valence-electron chi connectivity index (χ4n) is 3.08. The van der Waals surface area contributed by atoms with Crippen LogP contribution in [0.4, 0.5) is 5.69 Å². The van der Waals surface area contributed by atoms with Crippen molar-refractivity contribution in [3.63, 3.8) is 0 Å². The fourth-order valence-corrected chi connectivity index (χ4v) is 3.08. The maximum absolute atomic E-state index is 5.95. The molecule has 1 heterocycles. The first-order chi connectivity index (χ1) is 12.6. The molecule has 0 saturated carbocycles. The number of rotatable bonds is 4. The summed E-state index contributed by atoms with van der Waals surface area (Å²) < 4.78 is 5.95. The van der Waals surface area contributed by atoms with E-state index in [1.165, 1.54) is 16.3 Å². The molecule has 3 aromatic carbocycles. The van der Waals surface area contributed by atoms with E-state index in [0.717, 1.165) is 11.3 Å². The first kappa shape index (κ1) is 16.3. The molecule has 4 heteroatoms. The van der Waals surface area contributed by atoms with E-state index in [0.29, 0.717) is 11.8 Å². The molecule has 0 bridgehead atoms. The van der Waals surface area contributed by atoms with Crippen molar-refractivity contribution in [3.8, 4) is 11.5 Å². The summed E-state index contributed by atoms with van der Waals surface area (Å²) in [5, 5.41) is 11.0. The zero-order valence-corrected chi connectivity index (χ0v) is 15.2. The summed E-state index contributed by atoms with van der Waals surface area (Å²) in [7, 11) is 2.05. The Bertz CT molecular complexity index is 1050. The highest BCUT2D eigenvalue weighted by atomic mass is 16.4. The highest BCUT2D eigenvalue weighted by Crippen LogP contribution is 2.29. The zero-order chi connectivity index (χ0) is 18.1. The quantitative estimate of drug-likeness (QED) is 0.498. The summed E-state index contributed by atoms with van der Waals surface area (Å²) in [4.78, 5) is 2.15. The summed E-state index contributed by atoms with van der Waals surface area (Å²) in [5.74, 6) is 1.17. The third-order valence-corrected chi connectivity index (χ3v) is 4.78. The van der Waals surface area contributed by atoms with Crippen LogP contribution in [0.1, 0.15) is 24.4 Å². The van der Waals surface area contributed by atoms with E-state index in [1.807, 2.05) is 19.2 Å². The van der Waals surface area contributed by atoms with Crippen molar-refractivity contribution in [2.24, 2.45) is 0 Å². The molecule has 26 heavy (non-hydrogen) atoms. The Balaban J connectivity index is 1.61. The van der Waals surface area contributed by atoms with Crippen LogP contribution in [-0.2, 0) is 0 Å². The van der Waals surface area contributed by atoms with E-state index >= 15 is 0 Å². The van der Waals surface area contributed by atoms with Crippen LogP contribution in [0.15, 0.2) is 71.1 Å². The number of nitrogens with zero attached hydrogens (tertiary/aromatic N) is 3. The van der Waals surface area contributed by atoms with Gasteiger partial charge >= 0.3 is 0 Å². The molecule has 0 aliphatic carbocycles. The number of benzene rings is 3. The van der Waals surface area contributed by atoms with Crippen molar-refractivity contribution in [2.75, 3.05) is 11.9 Å². The maximum Gasteiger partial charge on any atom is 0.247 e. The summed E-state index contributed by atoms with van der Waals surface area (Å²) in [6.07, 6.45) is 0. The number of fused-ring (bicyclic) bond motifs is 1. The van der Waals surface area contributed by atoms with Gasteiger partial charge in [0.1, 0.15) is 6.04 Å². The van der Waals surface area contributed by atoms with Crippen molar-refractivity contribution in [3.05, 3.63) is 78.2 Å². The summed E-state index contributed by atoms with van der Waals surface area (Å²) in [6, 6.07) is 22.9. The second-order valence-corrected chi connectivity index (χ2v) is 6.63. The van der Waals surface area contributed by atoms with Gasteiger partial charge < -0.3 is 9.32 Å². The Labute approximate surface area is 153 Å². The van der Waals surface area contributed by atoms with Gasteiger partial charge in [-0.05, 0) is 48.9 Å². The van der Waals surface area contributed by atoms with Crippen molar-refractivity contribution in [1.29, 1.82) is 0 Å². The molecule has 130 valence electrons. The summed E-state index contributed by atoms with van der Waals surface area (Å²) in [6.45, 7) is 4.12. The molecule has 0 radical (unpaired) electrons. The van der Waals surface area contributed by atoms with E-state index in [1.54, 1.807) is 0 Å². The molecular weight excluding hydrogens is 322 g/mol. The third kappa shape index (κ3) is 3.06. The number of aromatic nitrogens is 2.